The van der Waals surface area contributed by atoms with Crippen LogP contribution in [0.4, 0.5) is 18.0 Å². The fourth-order valence-electron chi connectivity index (χ4n) is 2.02. The minimum absolute atomic E-state index is 0.0998. The highest BCUT2D eigenvalue weighted by Gasteiger charge is 2.38. The molecule has 0 aliphatic heterocycles. The van der Waals surface area contributed by atoms with Gasteiger partial charge in [0.25, 0.3) is 0 Å². The molecule has 0 atom stereocenters. The zero-order valence-corrected chi connectivity index (χ0v) is 10.6. The van der Waals surface area contributed by atoms with Gasteiger partial charge in [0.15, 0.2) is 0 Å². The summed E-state index contributed by atoms with van der Waals surface area (Å²) in [5, 5.41) is 11.4. The summed E-state index contributed by atoms with van der Waals surface area (Å²) in [6, 6.07) is 6.64. The summed E-state index contributed by atoms with van der Waals surface area (Å²) in [5.74, 6) is -2.01. The number of amides is 1. The normalized spacial score (nSPS) is 11.6. The van der Waals surface area contributed by atoms with Gasteiger partial charge in [-0.2, -0.15) is 13.2 Å². The molecule has 1 amide bonds. The van der Waals surface area contributed by atoms with Gasteiger partial charge in [-0.05, 0) is 18.1 Å². The first-order valence-corrected chi connectivity index (χ1v) is 5.98. The van der Waals surface area contributed by atoms with Crippen molar-refractivity contribution in [2.45, 2.75) is 12.6 Å². The molecule has 0 fully saturated rings. The number of halogens is 3. The number of hydrogen-bond acceptors (Lipinski definition) is 2. The maximum absolute atomic E-state index is 12.0. The average Bonchev–Trinajstić information content (AvgIpc) is 2.77. The van der Waals surface area contributed by atoms with Gasteiger partial charge in [-0.15, -0.1) is 0 Å². The topological polar surface area (TPSA) is 71.3 Å². The van der Waals surface area contributed by atoms with Gasteiger partial charge < -0.3 is 10.4 Å². The summed E-state index contributed by atoms with van der Waals surface area (Å²) in [6.45, 7) is -0.230. The van der Waals surface area contributed by atoms with Gasteiger partial charge in [0.05, 0.1) is 5.52 Å². The molecule has 8 heteroatoms. The lowest BCUT2D eigenvalue weighted by molar-refractivity contribution is -0.173. The summed E-state index contributed by atoms with van der Waals surface area (Å²) in [7, 11) is 0. The Kier molecular flexibility index (Phi) is 3.88. The van der Waals surface area contributed by atoms with Crippen molar-refractivity contribution in [3.63, 3.8) is 0 Å². The predicted octanol–water partition coefficient (Wildman–Crippen LogP) is 2.39. The Labute approximate surface area is 117 Å². The lowest BCUT2D eigenvalue weighted by Gasteiger charge is -2.07. The molecule has 0 spiro atoms. The maximum Gasteiger partial charge on any atom is 0.471 e. The largest absolute Gasteiger partial charge is 0.471 e. The number of carbonyl (C=O) groups excluding carboxylic acids is 1. The van der Waals surface area contributed by atoms with Crippen LogP contribution in [-0.4, -0.2) is 34.4 Å². The number of para-hydroxylation sites is 1. The molecule has 0 radical (unpaired) electrons. The molecular formula is C13H11F3N2O3. The van der Waals surface area contributed by atoms with Gasteiger partial charge in [-0.3, -0.25) is 9.36 Å². The second-order valence-electron chi connectivity index (χ2n) is 4.33. The van der Waals surface area contributed by atoms with Crippen molar-refractivity contribution < 1.29 is 27.9 Å². The van der Waals surface area contributed by atoms with E-state index in [9.17, 15) is 22.8 Å². The molecular weight excluding hydrogens is 289 g/mol. The van der Waals surface area contributed by atoms with Crippen LogP contribution in [-0.2, 0) is 11.2 Å². The van der Waals surface area contributed by atoms with E-state index in [1.54, 1.807) is 29.6 Å². The maximum atomic E-state index is 12.0. The van der Waals surface area contributed by atoms with Crippen LogP contribution in [0.3, 0.4) is 0 Å². The molecule has 1 aromatic heterocycles. The summed E-state index contributed by atoms with van der Waals surface area (Å²) in [4.78, 5) is 21.8. The molecule has 0 bridgehead atoms. The quantitative estimate of drug-likeness (QED) is 0.914. The molecule has 112 valence electrons. The number of rotatable bonds is 3. The number of alkyl halides is 3. The molecule has 2 rings (SSSR count). The van der Waals surface area contributed by atoms with Gasteiger partial charge in [-0.25, -0.2) is 4.79 Å². The lowest BCUT2D eigenvalue weighted by atomic mass is 10.1. The Balaban J connectivity index is 2.16. The summed E-state index contributed by atoms with van der Waals surface area (Å²) in [5.41, 5.74) is 0.998. The number of nitrogens with zero attached hydrogens (tertiary/aromatic N) is 1. The van der Waals surface area contributed by atoms with Crippen LogP contribution in [0.1, 0.15) is 5.56 Å². The molecule has 0 unspecified atom stereocenters. The lowest BCUT2D eigenvalue weighted by Crippen LogP contribution is -2.37. The Morgan fingerprint density at radius 2 is 1.90 bits per heavy atom. The number of benzene rings is 1. The molecule has 1 heterocycles. The minimum atomic E-state index is -4.92. The van der Waals surface area contributed by atoms with Crippen molar-refractivity contribution in [1.29, 1.82) is 0 Å². The monoisotopic (exact) mass is 300 g/mol. The number of fused-ring (bicyclic) bond motifs is 1. The van der Waals surface area contributed by atoms with Crippen LogP contribution in [0.5, 0.6) is 0 Å². The summed E-state index contributed by atoms with van der Waals surface area (Å²) >= 11 is 0. The van der Waals surface area contributed by atoms with E-state index in [0.717, 1.165) is 4.57 Å². The number of hydrogen-bond donors (Lipinski definition) is 2. The Bertz CT molecular complexity index is 692. The standard InChI is InChI=1S/C13H11F3N2O3/c14-13(15,16)11(19)17-6-5-8-7-18(12(20)21)10-4-2-1-3-9(8)10/h1-4,7H,5-6H2,(H,17,19)(H,20,21). The van der Waals surface area contributed by atoms with Gasteiger partial charge in [-0.1, -0.05) is 18.2 Å². The van der Waals surface area contributed by atoms with Gasteiger partial charge >= 0.3 is 18.2 Å². The van der Waals surface area contributed by atoms with Crippen molar-refractivity contribution in [2.75, 3.05) is 6.54 Å². The van der Waals surface area contributed by atoms with Crippen molar-refractivity contribution >= 4 is 22.9 Å². The van der Waals surface area contributed by atoms with E-state index < -0.39 is 18.2 Å². The van der Waals surface area contributed by atoms with E-state index in [0.29, 0.717) is 16.5 Å². The van der Waals surface area contributed by atoms with Crippen molar-refractivity contribution in [2.24, 2.45) is 0 Å². The predicted molar refractivity (Wildman–Crippen MR) is 68.1 cm³/mol. The third-order valence-electron chi connectivity index (χ3n) is 2.94. The molecule has 0 saturated heterocycles. The zero-order chi connectivity index (χ0) is 15.6. The van der Waals surface area contributed by atoms with E-state index in [4.69, 9.17) is 5.11 Å². The fourth-order valence-corrected chi connectivity index (χ4v) is 2.02. The SMILES string of the molecule is O=C(O)n1cc(CCNC(=O)C(F)(F)F)c2ccccc21. The van der Waals surface area contributed by atoms with E-state index in [-0.39, 0.29) is 13.0 Å². The van der Waals surface area contributed by atoms with Crippen LogP contribution >= 0.6 is 0 Å². The smallest absolute Gasteiger partial charge is 0.464 e. The molecule has 2 aromatic rings. The first kappa shape index (κ1) is 14.9. The van der Waals surface area contributed by atoms with Crippen molar-refractivity contribution in [3.05, 3.63) is 36.0 Å². The molecule has 1 aromatic carbocycles. The van der Waals surface area contributed by atoms with Crippen LogP contribution in [0.2, 0.25) is 0 Å². The van der Waals surface area contributed by atoms with E-state index >= 15 is 0 Å². The summed E-state index contributed by atoms with van der Waals surface area (Å²) < 4.78 is 37.1. The average molecular weight is 300 g/mol. The molecule has 2 N–H and O–H groups in total. The highest BCUT2D eigenvalue weighted by molar-refractivity contribution is 5.91. The second-order valence-corrected chi connectivity index (χ2v) is 4.33. The summed E-state index contributed by atoms with van der Waals surface area (Å²) in [6.07, 6.45) is -4.67. The minimum Gasteiger partial charge on any atom is -0.464 e. The number of carboxylic acid groups (broad SMARTS) is 1. The number of aromatic nitrogens is 1. The zero-order valence-electron chi connectivity index (χ0n) is 10.6. The highest BCUT2D eigenvalue weighted by Crippen LogP contribution is 2.21. The van der Waals surface area contributed by atoms with Gasteiger partial charge in [0, 0.05) is 18.1 Å². The number of nitrogens with one attached hydrogen (secondary N) is 1. The van der Waals surface area contributed by atoms with Crippen LogP contribution in [0.25, 0.3) is 10.9 Å². The van der Waals surface area contributed by atoms with Gasteiger partial charge in [0.2, 0.25) is 0 Å². The Morgan fingerprint density at radius 1 is 1.24 bits per heavy atom. The molecule has 0 aliphatic carbocycles. The molecule has 5 nitrogen and oxygen atoms in total. The van der Waals surface area contributed by atoms with Crippen LogP contribution < -0.4 is 5.32 Å². The molecule has 0 aliphatic rings. The first-order chi connectivity index (χ1) is 9.80. The van der Waals surface area contributed by atoms with E-state index in [1.807, 2.05) is 0 Å². The fraction of sp³-hybridized carbons (Fsp3) is 0.231. The molecule has 0 saturated carbocycles. The van der Waals surface area contributed by atoms with Gasteiger partial charge in [0.1, 0.15) is 0 Å². The Hall–Kier alpha value is -2.51. The van der Waals surface area contributed by atoms with Crippen molar-refractivity contribution in [3.8, 4) is 0 Å². The van der Waals surface area contributed by atoms with Crippen LogP contribution in [0, 0.1) is 0 Å². The number of carbonyl (C=O) groups is 2. The second kappa shape index (κ2) is 5.47. The third kappa shape index (κ3) is 3.15. The van der Waals surface area contributed by atoms with E-state index in [2.05, 4.69) is 0 Å². The first-order valence-electron chi connectivity index (χ1n) is 5.98. The third-order valence-corrected chi connectivity index (χ3v) is 2.94. The van der Waals surface area contributed by atoms with E-state index in [1.165, 1.54) is 6.20 Å². The van der Waals surface area contributed by atoms with Crippen LogP contribution in [0.15, 0.2) is 30.5 Å². The van der Waals surface area contributed by atoms with Crippen molar-refractivity contribution in [1.82, 2.24) is 9.88 Å². The molecule has 21 heavy (non-hydrogen) atoms. The Morgan fingerprint density at radius 3 is 2.52 bits per heavy atom. The highest BCUT2D eigenvalue weighted by atomic mass is 19.4.